The number of nitrogens with two attached hydrogens (primary N) is 1. The fourth-order valence-corrected chi connectivity index (χ4v) is 2.08. The van der Waals surface area contributed by atoms with Crippen LogP contribution in [0, 0.1) is 0 Å². The summed E-state index contributed by atoms with van der Waals surface area (Å²) in [5.41, 5.74) is 7.38. The summed E-state index contributed by atoms with van der Waals surface area (Å²) in [5, 5.41) is 4.57. The van der Waals surface area contributed by atoms with Crippen LogP contribution in [0.2, 0.25) is 0 Å². The van der Waals surface area contributed by atoms with Gasteiger partial charge in [-0.3, -0.25) is 0 Å². The van der Waals surface area contributed by atoms with Crippen molar-refractivity contribution in [2.45, 2.75) is 31.8 Å². The summed E-state index contributed by atoms with van der Waals surface area (Å²) in [6, 6.07) is 8.61. The number of furan rings is 1. The lowest BCUT2D eigenvalue weighted by atomic mass is 9.93. The van der Waals surface area contributed by atoms with Gasteiger partial charge < -0.3 is 15.5 Å². The first-order valence-electron chi connectivity index (χ1n) is 5.83. The van der Waals surface area contributed by atoms with Gasteiger partial charge in [-0.25, -0.2) is 0 Å². The molecule has 0 unspecified atom stereocenters. The standard InChI is InChI=1S/C13H16N2O/c14-12-6-1-3-9-7-11(16-13(9)12)8-15-10-4-2-5-10/h1,3,6-7,10,15H,2,4-5,8,14H2. The van der Waals surface area contributed by atoms with Gasteiger partial charge in [0.15, 0.2) is 5.58 Å². The fourth-order valence-electron chi connectivity index (χ4n) is 2.08. The molecule has 1 aliphatic carbocycles. The fraction of sp³-hybridized carbons (Fsp3) is 0.385. The van der Waals surface area contributed by atoms with Crippen LogP contribution in [-0.4, -0.2) is 6.04 Å². The Labute approximate surface area is 94.6 Å². The lowest BCUT2D eigenvalue weighted by Gasteiger charge is -2.25. The molecular weight excluding hydrogens is 200 g/mol. The molecule has 3 heteroatoms. The molecule has 1 saturated carbocycles. The van der Waals surface area contributed by atoms with Gasteiger partial charge in [-0.2, -0.15) is 0 Å². The molecule has 1 aromatic heterocycles. The molecule has 84 valence electrons. The molecule has 1 heterocycles. The number of para-hydroxylation sites is 1. The van der Waals surface area contributed by atoms with Crippen LogP contribution in [0.3, 0.4) is 0 Å². The van der Waals surface area contributed by atoms with Gasteiger partial charge in [-0.1, -0.05) is 18.6 Å². The predicted octanol–water partition coefficient (Wildman–Crippen LogP) is 2.66. The van der Waals surface area contributed by atoms with Crippen LogP contribution in [0.25, 0.3) is 11.0 Å². The molecule has 2 aromatic rings. The topological polar surface area (TPSA) is 51.2 Å². The number of hydrogen-bond donors (Lipinski definition) is 2. The predicted molar refractivity (Wildman–Crippen MR) is 65.1 cm³/mol. The van der Waals surface area contributed by atoms with E-state index in [0.29, 0.717) is 11.7 Å². The molecular formula is C13H16N2O. The van der Waals surface area contributed by atoms with E-state index in [0.717, 1.165) is 23.3 Å². The van der Waals surface area contributed by atoms with Crippen molar-refractivity contribution >= 4 is 16.7 Å². The van der Waals surface area contributed by atoms with Crippen LogP contribution in [0.4, 0.5) is 5.69 Å². The number of hydrogen-bond acceptors (Lipinski definition) is 3. The van der Waals surface area contributed by atoms with Crippen LogP contribution in [0.5, 0.6) is 0 Å². The minimum absolute atomic E-state index is 0.686. The highest BCUT2D eigenvalue weighted by Crippen LogP contribution is 2.25. The van der Waals surface area contributed by atoms with Crippen molar-refractivity contribution < 1.29 is 4.42 Å². The molecule has 3 N–H and O–H groups in total. The van der Waals surface area contributed by atoms with Gasteiger partial charge in [0.25, 0.3) is 0 Å². The van der Waals surface area contributed by atoms with Crippen molar-refractivity contribution in [3.8, 4) is 0 Å². The Balaban J connectivity index is 1.79. The van der Waals surface area contributed by atoms with Gasteiger partial charge in [-0.15, -0.1) is 0 Å². The van der Waals surface area contributed by atoms with Gasteiger partial charge in [0.2, 0.25) is 0 Å². The van der Waals surface area contributed by atoms with E-state index in [2.05, 4.69) is 11.4 Å². The third kappa shape index (κ3) is 1.67. The summed E-state index contributed by atoms with van der Waals surface area (Å²) in [5.74, 6) is 0.972. The van der Waals surface area contributed by atoms with Crippen LogP contribution >= 0.6 is 0 Å². The summed E-state index contributed by atoms with van der Waals surface area (Å²) >= 11 is 0. The summed E-state index contributed by atoms with van der Waals surface area (Å²) < 4.78 is 5.73. The highest BCUT2D eigenvalue weighted by atomic mass is 16.3. The Kier molecular flexibility index (Phi) is 2.33. The summed E-state index contributed by atoms with van der Waals surface area (Å²) in [7, 11) is 0. The van der Waals surface area contributed by atoms with E-state index in [1.807, 2.05) is 18.2 Å². The highest BCUT2D eigenvalue weighted by Gasteiger charge is 2.17. The SMILES string of the molecule is Nc1cccc2cc(CNC3CCC3)oc12. The van der Waals surface area contributed by atoms with E-state index in [4.69, 9.17) is 10.2 Å². The zero-order valence-corrected chi connectivity index (χ0v) is 9.20. The van der Waals surface area contributed by atoms with E-state index in [9.17, 15) is 0 Å². The second kappa shape index (κ2) is 3.83. The molecule has 16 heavy (non-hydrogen) atoms. The quantitative estimate of drug-likeness (QED) is 0.775. The van der Waals surface area contributed by atoms with Gasteiger partial charge >= 0.3 is 0 Å². The van der Waals surface area contributed by atoms with Gasteiger partial charge in [0.05, 0.1) is 12.2 Å². The largest absolute Gasteiger partial charge is 0.458 e. The van der Waals surface area contributed by atoms with Crippen molar-refractivity contribution in [2.24, 2.45) is 0 Å². The van der Waals surface area contributed by atoms with Crippen LogP contribution in [-0.2, 0) is 6.54 Å². The lowest BCUT2D eigenvalue weighted by Crippen LogP contribution is -2.34. The second-order valence-electron chi connectivity index (χ2n) is 4.49. The van der Waals surface area contributed by atoms with E-state index in [-0.39, 0.29) is 0 Å². The van der Waals surface area contributed by atoms with Crippen molar-refractivity contribution in [3.63, 3.8) is 0 Å². The molecule has 0 spiro atoms. The number of benzene rings is 1. The summed E-state index contributed by atoms with van der Waals surface area (Å²) in [6.45, 7) is 0.804. The molecule has 0 amide bonds. The third-order valence-corrected chi connectivity index (χ3v) is 3.30. The number of anilines is 1. The molecule has 0 saturated heterocycles. The first-order valence-corrected chi connectivity index (χ1v) is 5.83. The molecule has 1 fully saturated rings. The van der Waals surface area contributed by atoms with Crippen LogP contribution in [0.15, 0.2) is 28.7 Å². The zero-order valence-electron chi connectivity index (χ0n) is 9.20. The average molecular weight is 216 g/mol. The number of nitrogens with one attached hydrogen (secondary N) is 1. The molecule has 1 aliphatic rings. The smallest absolute Gasteiger partial charge is 0.157 e. The Morgan fingerprint density at radius 2 is 2.25 bits per heavy atom. The maximum absolute atomic E-state index is 5.85. The maximum Gasteiger partial charge on any atom is 0.157 e. The minimum atomic E-state index is 0.686. The number of fused-ring (bicyclic) bond motifs is 1. The Bertz CT molecular complexity index is 500. The lowest BCUT2D eigenvalue weighted by molar-refractivity contribution is 0.327. The number of nitrogen functional groups attached to an aromatic ring is 1. The first kappa shape index (κ1) is 9.73. The van der Waals surface area contributed by atoms with E-state index in [1.165, 1.54) is 19.3 Å². The van der Waals surface area contributed by atoms with Crippen molar-refractivity contribution in [1.29, 1.82) is 0 Å². The monoisotopic (exact) mass is 216 g/mol. The first-order chi connectivity index (χ1) is 7.83. The molecule has 3 nitrogen and oxygen atoms in total. The van der Waals surface area contributed by atoms with E-state index < -0.39 is 0 Å². The van der Waals surface area contributed by atoms with E-state index >= 15 is 0 Å². The summed E-state index contributed by atoms with van der Waals surface area (Å²) in [4.78, 5) is 0. The summed E-state index contributed by atoms with van der Waals surface area (Å²) in [6.07, 6.45) is 3.94. The Hall–Kier alpha value is -1.48. The molecule has 1 aromatic carbocycles. The van der Waals surface area contributed by atoms with Gasteiger partial charge in [0, 0.05) is 11.4 Å². The molecule has 0 radical (unpaired) electrons. The molecule has 0 bridgehead atoms. The van der Waals surface area contributed by atoms with Crippen LogP contribution < -0.4 is 11.1 Å². The van der Waals surface area contributed by atoms with Crippen LogP contribution in [0.1, 0.15) is 25.0 Å². The zero-order chi connectivity index (χ0) is 11.0. The Morgan fingerprint density at radius 3 is 2.94 bits per heavy atom. The average Bonchev–Trinajstić information content (AvgIpc) is 2.60. The van der Waals surface area contributed by atoms with Gasteiger partial charge in [-0.05, 0) is 25.0 Å². The maximum atomic E-state index is 5.85. The second-order valence-corrected chi connectivity index (χ2v) is 4.49. The van der Waals surface area contributed by atoms with Gasteiger partial charge in [0.1, 0.15) is 5.76 Å². The van der Waals surface area contributed by atoms with E-state index in [1.54, 1.807) is 0 Å². The highest BCUT2D eigenvalue weighted by molar-refractivity contribution is 5.88. The minimum Gasteiger partial charge on any atom is -0.458 e. The number of rotatable bonds is 3. The normalized spacial score (nSPS) is 16.5. The van der Waals surface area contributed by atoms with Crippen molar-refractivity contribution in [1.82, 2.24) is 5.32 Å². The van der Waals surface area contributed by atoms with Crippen molar-refractivity contribution in [2.75, 3.05) is 5.73 Å². The molecule has 0 aliphatic heterocycles. The third-order valence-electron chi connectivity index (χ3n) is 3.30. The molecule has 3 rings (SSSR count). The molecule has 0 atom stereocenters. The van der Waals surface area contributed by atoms with Crippen molar-refractivity contribution in [3.05, 3.63) is 30.0 Å². The Morgan fingerprint density at radius 1 is 1.38 bits per heavy atom.